The van der Waals surface area contributed by atoms with Crippen molar-refractivity contribution in [2.45, 2.75) is 33.5 Å². The van der Waals surface area contributed by atoms with Crippen molar-refractivity contribution in [2.75, 3.05) is 30.4 Å². The first-order valence-electron chi connectivity index (χ1n) is 12.9. The lowest BCUT2D eigenvalue weighted by Gasteiger charge is -2.16. The van der Waals surface area contributed by atoms with Crippen LogP contribution in [0.15, 0.2) is 60.8 Å². The number of fused-ring (bicyclic) bond motifs is 1. The first-order chi connectivity index (χ1) is 19.4. The van der Waals surface area contributed by atoms with Crippen LogP contribution in [0, 0.1) is 12.7 Å². The van der Waals surface area contributed by atoms with E-state index in [0.717, 1.165) is 10.3 Å². The van der Waals surface area contributed by atoms with Gasteiger partial charge in [0.05, 0.1) is 20.8 Å². The molecule has 3 N–H and O–H groups in total. The molecule has 0 bridgehead atoms. The van der Waals surface area contributed by atoms with Crippen LogP contribution in [0.25, 0.3) is 10.2 Å². The van der Waals surface area contributed by atoms with Gasteiger partial charge >= 0.3 is 6.03 Å². The van der Waals surface area contributed by atoms with E-state index in [2.05, 4.69) is 20.9 Å². The van der Waals surface area contributed by atoms with Gasteiger partial charge in [0.2, 0.25) is 0 Å². The van der Waals surface area contributed by atoms with Gasteiger partial charge < -0.3 is 30.2 Å². The molecule has 2 aromatic carbocycles. The lowest BCUT2D eigenvalue weighted by Crippen LogP contribution is -2.28. The number of hydrogen-bond acceptors (Lipinski definition) is 7. The minimum Gasteiger partial charge on any atom is -0.456 e. The van der Waals surface area contributed by atoms with Gasteiger partial charge in [0, 0.05) is 44.1 Å². The summed E-state index contributed by atoms with van der Waals surface area (Å²) in [6.45, 7) is 7.09. The van der Waals surface area contributed by atoms with Gasteiger partial charge in [0.25, 0.3) is 5.91 Å². The third kappa shape index (κ3) is 7.75. The van der Waals surface area contributed by atoms with Crippen molar-refractivity contribution < 1.29 is 28.2 Å². The van der Waals surface area contributed by atoms with E-state index in [1.165, 1.54) is 17.4 Å². The van der Waals surface area contributed by atoms with Crippen LogP contribution in [0.3, 0.4) is 0 Å². The zero-order valence-electron chi connectivity index (χ0n) is 22.5. The van der Waals surface area contributed by atoms with Gasteiger partial charge in [0.1, 0.15) is 17.3 Å². The van der Waals surface area contributed by atoms with E-state index >= 15 is 0 Å². The first-order valence-corrected chi connectivity index (χ1v) is 13.7. The van der Waals surface area contributed by atoms with E-state index in [-0.39, 0.29) is 17.9 Å². The van der Waals surface area contributed by atoms with Crippen molar-refractivity contribution in [3.63, 3.8) is 0 Å². The molecule has 40 heavy (non-hydrogen) atoms. The van der Waals surface area contributed by atoms with Crippen LogP contribution < -0.4 is 20.7 Å². The molecule has 0 atom stereocenters. The topological polar surface area (TPSA) is 111 Å². The van der Waals surface area contributed by atoms with Gasteiger partial charge in [-0.2, -0.15) is 0 Å². The van der Waals surface area contributed by atoms with Crippen LogP contribution in [0.5, 0.6) is 11.5 Å². The summed E-state index contributed by atoms with van der Waals surface area (Å²) in [4.78, 5) is 29.9. The minimum atomic E-state index is -0.565. The molecule has 4 rings (SSSR count). The van der Waals surface area contributed by atoms with Gasteiger partial charge in [-0.05, 0) is 68.8 Å². The number of aryl methyl sites for hydroxylation is 1. The van der Waals surface area contributed by atoms with Gasteiger partial charge in [-0.1, -0.05) is 6.07 Å². The van der Waals surface area contributed by atoms with E-state index < -0.39 is 11.8 Å². The Hall–Kier alpha value is -4.06. The number of halogens is 1. The highest BCUT2D eigenvalue weighted by Crippen LogP contribution is 2.35. The second-order valence-corrected chi connectivity index (χ2v) is 9.76. The van der Waals surface area contributed by atoms with Crippen LogP contribution in [0.4, 0.5) is 20.6 Å². The monoisotopic (exact) mass is 566 g/mol. The molecule has 0 unspecified atom stereocenters. The maximum atomic E-state index is 13.9. The van der Waals surface area contributed by atoms with Crippen molar-refractivity contribution in [3.05, 3.63) is 77.1 Å². The van der Waals surface area contributed by atoms with Gasteiger partial charge in [-0.3, -0.25) is 9.78 Å². The van der Waals surface area contributed by atoms with Crippen molar-refractivity contribution in [1.82, 2.24) is 10.3 Å². The second kappa shape index (κ2) is 13.8. The lowest BCUT2D eigenvalue weighted by atomic mass is 10.2. The molecule has 0 spiro atoms. The molecule has 0 radical (unpaired) electrons. The number of carbonyl (C=O) groups is 2. The van der Waals surface area contributed by atoms with Gasteiger partial charge in [0.15, 0.2) is 6.29 Å². The standard InChI is InChI=1S/C29H31FN4O5S/c1-4-37-26(38-5-2)13-15-32-28(35)25-17-23-27(40-25)24(12-14-31-23)39-20-9-7-19(8-10-20)33-29(36)34-22-16-18(3)6-11-21(22)30/h6-12,14,16-17,26H,4-5,13,15H2,1-3H3,(H,32,35)(H2,33,34,36). The predicted octanol–water partition coefficient (Wildman–Crippen LogP) is 6.70. The fraction of sp³-hybridized carbons (Fsp3) is 0.276. The molecule has 0 aliphatic carbocycles. The Bertz CT molecular complexity index is 1450. The summed E-state index contributed by atoms with van der Waals surface area (Å²) < 4.78 is 31.8. The third-order valence-electron chi connectivity index (χ3n) is 5.68. The normalized spacial score (nSPS) is 11.0. The first kappa shape index (κ1) is 28.9. The number of carbonyl (C=O) groups excluding carboxylic acids is 2. The van der Waals surface area contributed by atoms with Gasteiger partial charge in [-0.25, -0.2) is 9.18 Å². The van der Waals surface area contributed by atoms with Crippen LogP contribution in [0.2, 0.25) is 0 Å². The number of pyridine rings is 1. The van der Waals surface area contributed by atoms with Crippen LogP contribution in [0.1, 0.15) is 35.5 Å². The Morgan fingerprint density at radius 1 is 1.00 bits per heavy atom. The number of urea groups is 1. The maximum absolute atomic E-state index is 13.9. The minimum absolute atomic E-state index is 0.100. The summed E-state index contributed by atoms with van der Waals surface area (Å²) in [5.74, 6) is 0.356. The number of nitrogens with zero attached hydrogens (tertiary/aromatic N) is 1. The quantitative estimate of drug-likeness (QED) is 0.165. The van der Waals surface area contributed by atoms with E-state index in [9.17, 15) is 14.0 Å². The molecular formula is C29H31FN4O5S. The Morgan fingerprint density at radius 3 is 2.48 bits per heavy atom. The fourth-order valence-corrected chi connectivity index (χ4v) is 4.82. The second-order valence-electron chi connectivity index (χ2n) is 8.71. The Kier molecular flexibility index (Phi) is 10.0. The van der Waals surface area contributed by atoms with Crippen molar-refractivity contribution in [1.29, 1.82) is 0 Å². The SMILES string of the molecule is CCOC(CCNC(=O)c1cc2nccc(Oc3ccc(NC(=O)Nc4cc(C)ccc4F)cc3)c2s1)OCC. The number of benzene rings is 2. The van der Waals surface area contributed by atoms with E-state index in [0.29, 0.717) is 53.8 Å². The zero-order valence-corrected chi connectivity index (χ0v) is 23.3. The summed E-state index contributed by atoms with van der Waals surface area (Å²) in [6.07, 6.45) is 1.80. The Balaban J connectivity index is 1.36. The molecule has 4 aromatic rings. The molecule has 9 nitrogen and oxygen atoms in total. The van der Waals surface area contributed by atoms with Crippen LogP contribution in [-0.4, -0.2) is 43.0 Å². The number of anilines is 2. The Labute approximate surface area is 235 Å². The molecule has 0 saturated carbocycles. The molecular weight excluding hydrogens is 535 g/mol. The number of nitrogens with one attached hydrogen (secondary N) is 3. The Morgan fingerprint density at radius 2 is 1.75 bits per heavy atom. The molecule has 0 saturated heterocycles. The van der Waals surface area contributed by atoms with Crippen LogP contribution >= 0.6 is 11.3 Å². The number of ether oxygens (including phenoxy) is 3. The molecule has 2 aromatic heterocycles. The molecule has 0 aliphatic heterocycles. The number of hydrogen-bond donors (Lipinski definition) is 3. The molecule has 0 aliphatic rings. The van der Waals surface area contributed by atoms with Crippen LogP contribution in [-0.2, 0) is 9.47 Å². The summed E-state index contributed by atoms with van der Waals surface area (Å²) in [5.41, 5.74) is 2.08. The number of rotatable bonds is 12. The number of amides is 3. The average Bonchev–Trinajstić information content (AvgIpc) is 3.38. The van der Waals surface area contributed by atoms with E-state index in [4.69, 9.17) is 14.2 Å². The van der Waals surface area contributed by atoms with Crippen molar-refractivity contribution in [2.24, 2.45) is 0 Å². The largest absolute Gasteiger partial charge is 0.456 e. The summed E-state index contributed by atoms with van der Waals surface area (Å²) >= 11 is 1.29. The summed E-state index contributed by atoms with van der Waals surface area (Å²) in [7, 11) is 0. The molecule has 3 amide bonds. The van der Waals surface area contributed by atoms with Crippen molar-refractivity contribution >= 4 is 44.9 Å². The summed E-state index contributed by atoms with van der Waals surface area (Å²) in [5, 5.41) is 8.08. The van der Waals surface area contributed by atoms with E-state index in [1.807, 2.05) is 20.8 Å². The predicted molar refractivity (Wildman–Crippen MR) is 154 cm³/mol. The highest BCUT2D eigenvalue weighted by molar-refractivity contribution is 7.21. The highest BCUT2D eigenvalue weighted by atomic mass is 32.1. The fourth-order valence-electron chi connectivity index (χ4n) is 3.84. The zero-order chi connectivity index (χ0) is 28.5. The van der Waals surface area contributed by atoms with Gasteiger partial charge in [-0.15, -0.1) is 11.3 Å². The third-order valence-corrected chi connectivity index (χ3v) is 6.82. The summed E-state index contributed by atoms with van der Waals surface area (Å²) in [6, 6.07) is 14.1. The molecule has 2 heterocycles. The smallest absolute Gasteiger partial charge is 0.323 e. The molecule has 0 fully saturated rings. The van der Waals surface area contributed by atoms with Crippen molar-refractivity contribution in [3.8, 4) is 11.5 Å². The van der Waals surface area contributed by atoms with E-state index in [1.54, 1.807) is 54.7 Å². The number of aromatic nitrogens is 1. The number of thiophene rings is 1. The average molecular weight is 567 g/mol. The lowest BCUT2D eigenvalue weighted by molar-refractivity contribution is -0.138. The molecule has 210 valence electrons. The molecule has 11 heteroatoms. The highest BCUT2D eigenvalue weighted by Gasteiger charge is 2.16. The maximum Gasteiger partial charge on any atom is 0.323 e.